The number of unbranched alkanes of at least 4 members (excludes halogenated alkanes) is 2. The van der Waals surface area contributed by atoms with Gasteiger partial charge in [-0.1, -0.05) is 12.5 Å². The lowest BCUT2D eigenvalue weighted by Crippen LogP contribution is -2.24. The van der Waals surface area contributed by atoms with Crippen molar-refractivity contribution in [3.63, 3.8) is 0 Å². The summed E-state index contributed by atoms with van der Waals surface area (Å²) < 4.78 is 18.1. The Hall–Kier alpha value is -2.37. The summed E-state index contributed by atoms with van der Waals surface area (Å²) in [7, 11) is 1.37. The maximum atomic E-state index is 13.6. The van der Waals surface area contributed by atoms with Crippen molar-refractivity contribution in [3.05, 3.63) is 35.8 Å². The Morgan fingerprint density at radius 2 is 2.09 bits per heavy atom. The molecule has 0 aliphatic rings. The number of aromatic nitrogens is 1. The molecule has 118 valence electrons. The van der Waals surface area contributed by atoms with E-state index in [4.69, 9.17) is 0 Å². The number of hydrogen-bond donors (Lipinski definition) is 2. The van der Waals surface area contributed by atoms with Crippen molar-refractivity contribution in [2.24, 2.45) is 0 Å². The number of fused-ring (bicyclic) bond motifs is 1. The Kier molecular flexibility index (Phi) is 5.52. The molecule has 0 radical (unpaired) electrons. The van der Waals surface area contributed by atoms with Gasteiger partial charge < -0.3 is 15.0 Å². The van der Waals surface area contributed by atoms with Crippen LogP contribution < -0.4 is 5.32 Å². The predicted molar refractivity (Wildman–Crippen MR) is 81.1 cm³/mol. The van der Waals surface area contributed by atoms with E-state index in [0.717, 1.165) is 19.3 Å². The minimum absolute atomic E-state index is 0.218. The fraction of sp³-hybridized carbons (Fsp3) is 0.375. The average molecular weight is 306 g/mol. The zero-order valence-corrected chi connectivity index (χ0v) is 12.4. The Bertz CT molecular complexity index is 666. The van der Waals surface area contributed by atoms with E-state index in [1.54, 1.807) is 12.1 Å². The summed E-state index contributed by atoms with van der Waals surface area (Å²) in [6.07, 6.45) is 2.74. The first-order valence-corrected chi connectivity index (χ1v) is 7.24. The SMILES string of the molecule is COC(=O)CCCCCNC(=O)c1cc2c(F)cccc2[nH]1. The Balaban J connectivity index is 1.77. The summed E-state index contributed by atoms with van der Waals surface area (Å²) in [6, 6.07) is 6.19. The van der Waals surface area contributed by atoms with Gasteiger partial charge in [-0.2, -0.15) is 0 Å². The standard InChI is InChI=1S/C16H19FN2O3/c1-22-15(20)8-3-2-4-9-18-16(21)14-10-11-12(17)6-5-7-13(11)19-14/h5-7,10,19H,2-4,8-9H2,1H3,(H,18,21). The van der Waals surface area contributed by atoms with Crippen LogP contribution in [0.1, 0.15) is 36.2 Å². The number of esters is 1. The van der Waals surface area contributed by atoms with Crippen LogP contribution in [0.2, 0.25) is 0 Å². The molecular weight excluding hydrogens is 287 g/mol. The van der Waals surface area contributed by atoms with Crippen molar-refractivity contribution in [1.82, 2.24) is 10.3 Å². The lowest BCUT2D eigenvalue weighted by Gasteiger charge is -2.03. The first kappa shape index (κ1) is 16.0. The van der Waals surface area contributed by atoms with Crippen LogP contribution in [0.15, 0.2) is 24.3 Å². The van der Waals surface area contributed by atoms with Crippen molar-refractivity contribution < 1.29 is 18.7 Å². The fourth-order valence-electron chi connectivity index (χ4n) is 2.21. The highest BCUT2D eigenvalue weighted by atomic mass is 19.1. The second-order valence-electron chi connectivity index (χ2n) is 5.03. The number of hydrogen-bond acceptors (Lipinski definition) is 3. The zero-order valence-electron chi connectivity index (χ0n) is 12.4. The molecule has 0 fully saturated rings. The van der Waals surface area contributed by atoms with Gasteiger partial charge in [-0.25, -0.2) is 4.39 Å². The summed E-state index contributed by atoms with van der Waals surface area (Å²) in [4.78, 5) is 25.8. The monoisotopic (exact) mass is 306 g/mol. The van der Waals surface area contributed by atoms with Crippen molar-refractivity contribution in [2.45, 2.75) is 25.7 Å². The number of halogens is 1. The lowest BCUT2D eigenvalue weighted by molar-refractivity contribution is -0.140. The number of methoxy groups -OCH3 is 1. The van der Waals surface area contributed by atoms with Gasteiger partial charge in [0.15, 0.2) is 0 Å². The van der Waals surface area contributed by atoms with Gasteiger partial charge in [-0.3, -0.25) is 9.59 Å². The van der Waals surface area contributed by atoms with Gasteiger partial charge in [0.1, 0.15) is 11.5 Å². The van der Waals surface area contributed by atoms with Crippen LogP contribution in [-0.2, 0) is 9.53 Å². The minimum atomic E-state index is -0.351. The smallest absolute Gasteiger partial charge is 0.305 e. The highest BCUT2D eigenvalue weighted by Gasteiger charge is 2.11. The molecule has 0 atom stereocenters. The maximum absolute atomic E-state index is 13.6. The van der Waals surface area contributed by atoms with Crippen molar-refractivity contribution in [1.29, 1.82) is 0 Å². The summed E-state index contributed by atoms with van der Waals surface area (Å²) in [6.45, 7) is 0.512. The van der Waals surface area contributed by atoms with Gasteiger partial charge in [0, 0.05) is 23.9 Å². The molecule has 6 heteroatoms. The van der Waals surface area contributed by atoms with Crippen molar-refractivity contribution in [3.8, 4) is 0 Å². The van der Waals surface area contributed by atoms with Crippen LogP contribution in [-0.4, -0.2) is 30.5 Å². The summed E-state index contributed by atoms with van der Waals surface area (Å²) in [5.41, 5.74) is 0.942. The number of H-pyrrole nitrogens is 1. The van der Waals surface area contributed by atoms with Gasteiger partial charge in [0.25, 0.3) is 5.91 Å². The summed E-state index contributed by atoms with van der Waals surface area (Å²) in [5.74, 6) is -0.830. The van der Waals surface area contributed by atoms with Gasteiger partial charge in [0.05, 0.1) is 7.11 Å². The third-order valence-electron chi connectivity index (χ3n) is 3.43. The molecule has 0 unspecified atom stereocenters. The third-order valence-corrected chi connectivity index (χ3v) is 3.43. The molecule has 1 aromatic heterocycles. The van der Waals surface area contributed by atoms with Crippen molar-refractivity contribution >= 4 is 22.8 Å². The molecule has 2 aromatic rings. The van der Waals surface area contributed by atoms with E-state index < -0.39 is 0 Å². The normalized spacial score (nSPS) is 10.6. The van der Waals surface area contributed by atoms with Gasteiger partial charge in [-0.15, -0.1) is 0 Å². The van der Waals surface area contributed by atoms with E-state index in [1.165, 1.54) is 19.2 Å². The molecule has 1 aromatic carbocycles. The lowest BCUT2D eigenvalue weighted by atomic mass is 10.2. The number of rotatable bonds is 7. The molecule has 2 N–H and O–H groups in total. The van der Waals surface area contributed by atoms with Crippen molar-refractivity contribution in [2.75, 3.05) is 13.7 Å². The largest absolute Gasteiger partial charge is 0.469 e. The number of ether oxygens (including phenoxy) is 1. The van der Waals surface area contributed by atoms with E-state index in [0.29, 0.717) is 29.6 Å². The number of aromatic amines is 1. The van der Waals surface area contributed by atoms with Crippen LogP contribution in [0.25, 0.3) is 10.9 Å². The van der Waals surface area contributed by atoms with Crippen LogP contribution in [0.4, 0.5) is 4.39 Å². The summed E-state index contributed by atoms with van der Waals surface area (Å²) in [5, 5.41) is 3.18. The van der Waals surface area contributed by atoms with E-state index in [9.17, 15) is 14.0 Å². The molecule has 5 nitrogen and oxygen atoms in total. The van der Waals surface area contributed by atoms with Crippen LogP contribution >= 0.6 is 0 Å². The molecule has 0 spiro atoms. The predicted octanol–water partition coefficient (Wildman–Crippen LogP) is 2.77. The number of amides is 1. The molecular formula is C16H19FN2O3. The third kappa shape index (κ3) is 4.07. The molecule has 0 aliphatic heterocycles. The van der Waals surface area contributed by atoms with Crippen LogP contribution in [0.3, 0.4) is 0 Å². The number of carbonyl (C=O) groups excluding carboxylic acids is 2. The Morgan fingerprint density at radius 3 is 2.82 bits per heavy atom. The van der Waals surface area contributed by atoms with Crippen LogP contribution in [0, 0.1) is 5.82 Å². The molecule has 2 rings (SSSR count). The number of carbonyl (C=O) groups is 2. The van der Waals surface area contributed by atoms with E-state index in [-0.39, 0.29) is 17.7 Å². The Labute approximate surface area is 127 Å². The van der Waals surface area contributed by atoms with E-state index >= 15 is 0 Å². The van der Waals surface area contributed by atoms with E-state index in [1.807, 2.05) is 0 Å². The van der Waals surface area contributed by atoms with Gasteiger partial charge in [-0.05, 0) is 31.0 Å². The Morgan fingerprint density at radius 1 is 1.27 bits per heavy atom. The maximum Gasteiger partial charge on any atom is 0.305 e. The average Bonchev–Trinajstić information content (AvgIpc) is 2.96. The van der Waals surface area contributed by atoms with Gasteiger partial charge in [0.2, 0.25) is 0 Å². The first-order valence-electron chi connectivity index (χ1n) is 7.24. The number of benzene rings is 1. The second-order valence-corrected chi connectivity index (χ2v) is 5.03. The molecule has 1 amide bonds. The summed E-state index contributed by atoms with van der Waals surface area (Å²) >= 11 is 0. The first-order chi connectivity index (χ1) is 10.6. The van der Waals surface area contributed by atoms with Gasteiger partial charge >= 0.3 is 5.97 Å². The molecule has 0 saturated heterocycles. The number of nitrogens with one attached hydrogen (secondary N) is 2. The zero-order chi connectivity index (χ0) is 15.9. The quantitative estimate of drug-likeness (QED) is 0.610. The molecule has 0 aliphatic carbocycles. The topological polar surface area (TPSA) is 71.2 Å². The fourth-order valence-corrected chi connectivity index (χ4v) is 2.21. The second kappa shape index (κ2) is 7.59. The molecule has 22 heavy (non-hydrogen) atoms. The molecule has 1 heterocycles. The highest BCUT2D eigenvalue weighted by molar-refractivity contribution is 5.98. The molecule has 0 bridgehead atoms. The highest BCUT2D eigenvalue weighted by Crippen LogP contribution is 2.18. The van der Waals surface area contributed by atoms with E-state index in [2.05, 4.69) is 15.0 Å². The minimum Gasteiger partial charge on any atom is -0.469 e. The molecule has 0 saturated carbocycles. The van der Waals surface area contributed by atoms with Crippen LogP contribution in [0.5, 0.6) is 0 Å².